The second-order valence-electron chi connectivity index (χ2n) is 5.92. The number of amides is 2. The van der Waals surface area contributed by atoms with Gasteiger partial charge in [-0.1, -0.05) is 0 Å². The van der Waals surface area contributed by atoms with Crippen molar-refractivity contribution >= 4 is 28.3 Å². The van der Waals surface area contributed by atoms with Crippen molar-refractivity contribution in [1.29, 1.82) is 0 Å². The minimum Gasteiger partial charge on any atom is -0.356 e. The van der Waals surface area contributed by atoms with Crippen molar-refractivity contribution in [2.75, 3.05) is 25.1 Å². The summed E-state index contributed by atoms with van der Waals surface area (Å²) in [5, 5.41) is 2.49. The first-order chi connectivity index (χ1) is 11.9. The molecule has 2 aromatic rings. The molecule has 0 saturated carbocycles. The highest BCUT2D eigenvalue weighted by Crippen LogP contribution is 2.31. The molecule has 25 heavy (non-hydrogen) atoms. The van der Waals surface area contributed by atoms with Crippen molar-refractivity contribution in [3.63, 3.8) is 0 Å². The van der Waals surface area contributed by atoms with Gasteiger partial charge in [0.25, 0.3) is 5.91 Å². The first kappa shape index (κ1) is 17.6. The molecule has 0 bridgehead atoms. The lowest BCUT2D eigenvalue weighted by molar-refractivity contribution is -0.163. The fourth-order valence-electron chi connectivity index (χ4n) is 2.95. The van der Waals surface area contributed by atoms with E-state index in [1.807, 2.05) is 30.8 Å². The number of rotatable bonds is 4. The molecule has 0 unspecified atom stereocenters. The molecule has 9 heteroatoms. The summed E-state index contributed by atoms with van der Waals surface area (Å²) in [6, 6.07) is -0.567. The van der Waals surface area contributed by atoms with Gasteiger partial charge in [-0.05, 0) is 13.8 Å². The lowest BCUT2D eigenvalue weighted by Gasteiger charge is -2.40. The van der Waals surface area contributed by atoms with E-state index in [1.165, 1.54) is 16.2 Å². The van der Waals surface area contributed by atoms with E-state index in [4.69, 9.17) is 4.74 Å². The molecule has 0 radical (unpaired) electrons. The summed E-state index contributed by atoms with van der Waals surface area (Å²) < 4.78 is 7.47. The standard InChI is InChI=1S/C16H21N5O3S/c1-5-21-11(22)8-24-13(12(21)14-17-6-7-19(14)3)15(23)20(4)16-18-10(2)9-25-16/h6-7,9,12-13H,5,8H2,1-4H3/t12-,13-/m0/s1. The van der Waals surface area contributed by atoms with Gasteiger partial charge < -0.3 is 14.2 Å². The first-order valence-electron chi connectivity index (χ1n) is 8.02. The highest BCUT2D eigenvalue weighted by molar-refractivity contribution is 7.14. The van der Waals surface area contributed by atoms with Crippen LogP contribution in [0.5, 0.6) is 0 Å². The number of likely N-dealkylation sites (N-methyl/N-ethyl adjacent to an activating group) is 2. The van der Waals surface area contributed by atoms with Crippen LogP contribution in [0, 0.1) is 6.92 Å². The van der Waals surface area contributed by atoms with Gasteiger partial charge in [0.15, 0.2) is 11.2 Å². The zero-order valence-electron chi connectivity index (χ0n) is 14.7. The Balaban J connectivity index is 1.95. The highest BCUT2D eigenvalue weighted by Gasteiger charge is 2.44. The van der Waals surface area contributed by atoms with Crippen molar-refractivity contribution in [3.05, 3.63) is 29.3 Å². The fraction of sp³-hybridized carbons (Fsp3) is 0.500. The second kappa shape index (κ2) is 6.93. The molecule has 8 nitrogen and oxygen atoms in total. The molecule has 3 rings (SSSR count). The molecule has 0 spiro atoms. The number of carbonyl (C=O) groups excluding carboxylic acids is 2. The van der Waals surface area contributed by atoms with Crippen LogP contribution in [0.2, 0.25) is 0 Å². The van der Waals surface area contributed by atoms with Crippen LogP contribution in [-0.2, 0) is 21.4 Å². The SMILES string of the molecule is CCN1C(=O)CO[C@H](C(=O)N(C)c2nc(C)cs2)[C@H]1c1nccn1C. The van der Waals surface area contributed by atoms with Gasteiger partial charge in [-0.25, -0.2) is 9.97 Å². The molecule has 2 amide bonds. The number of aromatic nitrogens is 3. The summed E-state index contributed by atoms with van der Waals surface area (Å²) in [6.07, 6.45) is 2.61. The summed E-state index contributed by atoms with van der Waals surface area (Å²) in [7, 11) is 3.51. The predicted octanol–water partition coefficient (Wildman–Crippen LogP) is 1.14. The fourth-order valence-corrected chi connectivity index (χ4v) is 3.72. The topological polar surface area (TPSA) is 80.6 Å². The lowest BCUT2D eigenvalue weighted by Crippen LogP contribution is -2.55. The van der Waals surface area contributed by atoms with E-state index >= 15 is 0 Å². The third-order valence-corrected chi connectivity index (χ3v) is 5.30. The Kier molecular flexibility index (Phi) is 4.87. The Hall–Kier alpha value is -2.26. The number of imidazole rings is 1. The van der Waals surface area contributed by atoms with Crippen LogP contribution in [0.3, 0.4) is 0 Å². The van der Waals surface area contributed by atoms with E-state index in [2.05, 4.69) is 9.97 Å². The van der Waals surface area contributed by atoms with Crippen LogP contribution >= 0.6 is 11.3 Å². The lowest BCUT2D eigenvalue weighted by atomic mass is 10.0. The normalized spacial score (nSPS) is 20.8. The van der Waals surface area contributed by atoms with Crippen molar-refractivity contribution in [2.24, 2.45) is 7.05 Å². The number of hydrogen-bond donors (Lipinski definition) is 0. The highest BCUT2D eigenvalue weighted by atomic mass is 32.1. The van der Waals surface area contributed by atoms with E-state index in [0.29, 0.717) is 17.5 Å². The molecule has 1 fully saturated rings. The molecule has 3 heterocycles. The summed E-state index contributed by atoms with van der Waals surface area (Å²) in [4.78, 5) is 37.2. The van der Waals surface area contributed by atoms with E-state index in [1.54, 1.807) is 24.3 Å². The predicted molar refractivity (Wildman–Crippen MR) is 93.3 cm³/mol. The average molecular weight is 363 g/mol. The molecule has 0 N–H and O–H groups in total. The summed E-state index contributed by atoms with van der Waals surface area (Å²) >= 11 is 1.40. The van der Waals surface area contributed by atoms with Gasteiger partial charge in [-0.15, -0.1) is 11.3 Å². The van der Waals surface area contributed by atoms with E-state index in [9.17, 15) is 9.59 Å². The minimum atomic E-state index is -0.826. The van der Waals surface area contributed by atoms with Crippen LogP contribution in [0.4, 0.5) is 5.13 Å². The van der Waals surface area contributed by atoms with E-state index in [-0.39, 0.29) is 18.4 Å². The zero-order chi connectivity index (χ0) is 18.1. The van der Waals surface area contributed by atoms with E-state index < -0.39 is 12.1 Å². The van der Waals surface area contributed by atoms with Crippen molar-refractivity contribution in [1.82, 2.24) is 19.4 Å². The minimum absolute atomic E-state index is 0.115. The molecule has 1 aliphatic heterocycles. The number of hydrogen-bond acceptors (Lipinski definition) is 6. The Morgan fingerprint density at radius 3 is 2.84 bits per heavy atom. The Morgan fingerprint density at radius 1 is 1.52 bits per heavy atom. The third-order valence-electron chi connectivity index (χ3n) is 4.26. The van der Waals surface area contributed by atoms with Crippen LogP contribution in [0.15, 0.2) is 17.8 Å². The molecule has 2 aromatic heterocycles. The van der Waals surface area contributed by atoms with Crippen molar-refractivity contribution in [2.45, 2.75) is 26.0 Å². The largest absolute Gasteiger partial charge is 0.356 e. The smallest absolute Gasteiger partial charge is 0.260 e. The zero-order valence-corrected chi connectivity index (χ0v) is 15.5. The molecule has 0 aliphatic carbocycles. The van der Waals surface area contributed by atoms with E-state index in [0.717, 1.165) is 5.69 Å². The van der Waals surface area contributed by atoms with Crippen LogP contribution in [-0.4, -0.2) is 57.6 Å². The van der Waals surface area contributed by atoms with Crippen LogP contribution in [0.1, 0.15) is 24.5 Å². The van der Waals surface area contributed by atoms with Gasteiger partial charge in [-0.3, -0.25) is 14.5 Å². The summed E-state index contributed by atoms with van der Waals surface area (Å²) in [5.41, 5.74) is 0.857. The van der Waals surface area contributed by atoms with Crippen molar-refractivity contribution in [3.8, 4) is 0 Å². The average Bonchev–Trinajstić information content (AvgIpc) is 3.21. The van der Waals surface area contributed by atoms with Gasteiger partial charge in [0.2, 0.25) is 5.91 Å². The number of ether oxygens (including phenoxy) is 1. The van der Waals surface area contributed by atoms with Crippen LogP contribution in [0.25, 0.3) is 0 Å². The second-order valence-corrected chi connectivity index (χ2v) is 6.76. The monoisotopic (exact) mass is 363 g/mol. The van der Waals surface area contributed by atoms with Crippen molar-refractivity contribution < 1.29 is 14.3 Å². The maximum Gasteiger partial charge on any atom is 0.260 e. The number of nitrogens with zero attached hydrogens (tertiary/aromatic N) is 5. The Labute approximate surface area is 150 Å². The number of anilines is 1. The van der Waals surface area contributed by atoms with Gasteiger partial charge >= 0.3 is 0 Å². The van der Waals surface area contributed by atoms with Gasteiger partial charge in [0.1, 0.15) is 18.5 Å². The Morgan fingerprint density at radius 2 is 2.28 bits per heavy atom. The first-order valence-corrected chi connectivity index (χ1v) is 8.90. The Bertz CT molecular complexity index is 786. The maximum atomic E-state index is 13.1. The number of morpholine rings is 1. The molecule has 2 atom stereocenters. The molecule has 1 aliphatic rings. The van der Waals surface area contributed by atoms with Gasteiger partial charge in [-0.2, -0.15) is 0 Å². The van der Waals surface area contributed by atoms with Crippen LogP contribution < -0.4 is 4.90 Å². The van der Waals surface area contributed by atoms with Gasteiger partial charge in [0.05, 0.1) is 5.69 Å². The molecular formula is C16H21N5O3S. The number of carbonyl (C=O) groups is 2. The molecule has 1 saturated heterocycles. The van der Waals surface area contributed by atoms with Gasteiger partial charge in [0, 0.05) is 38.4 Å². The third kappa shape index (κ3) is 3.16. The number of aryl methyl sites for hydroxylation is 2. The molecule has 0 aromatic carbocycles. The molecule has 134 valence electrons. The number of thiazole rings is 1. The quantitative estimate of drug-likeness (QED) is 0.814. The summed E-state index contributed by atoms with van der Waals surface area (Å²) in [6.45, 7) is 4.12. The summed E-state index contributed by atoms with van der Waals surface area (Å²) in [5.74, 6) is 0.234. The molecular weight excluding hydrogens is 342 g/mol. The maximum absolute atomic E-state index is 13.1.